The van der Waals surface area contributed by atoms with Gasteiger partial charge < -0.3 is 14.0 Å². The van der Waals surface area contributed by atoms with E-state index in [0.29, 0.717) is 6.07 Å². The van der Waals surface area contributed by atoms with Crippen molar-refractivity contribution in [1.29, 1.82) is 0 Å². The molecule has 2 unspecified atom stereocenters. The van der Waals surface area contributed by atoms with Gasteiger partial charge >= 0.3 is 12.4 Å². The van der Waals surface area contributed by atoms with E-state index in [1.165, 1.54) is 25.1 Å². The van der Waals surface area contributed by atoms with Crippen molar-refractivity contribution < 1.29 is 50.0 Å². The minimum Gasteiger partial charge on any atom is -0.496 e. The molecule has 34 heavy (non-hydrogen) atoms. The molecular formula is C22H21F6O5P. The van der Waals surface area contributed by atoms with Crippen LogP contribution in [0, 0.1) is 0 Å². The highest BCUT2D eigenvalue weighted by Gasteiger charge is 2.52. The Morgan fingerprint density at radius 1 is 0.824 bits per heavy atom. The third-order valence-corrected chi connectivity index (χ3v) is 8.61. The molecular weight excluding hydrogens is 489 g/mol. The Morgan fingerprint density at radius 2 is 1.21 bits per heavy atom. The smallest absolute Gasteiger partial charge is 0.417 e. The topological polar surface area (TPSA) is 69.7 Å². The summed E-state index contributed by atoms with van der Waals surface area (Å²) in [6.45, 7) is 2.56. The average molecular weight is 510 g/mol. The average Bonchev–Trinajstić information content (AvgIpc) is 2.79. The third kappa shape index (κ3) is 4.85. The van der Waals surface area contributed by atoms with Crippen LogP contribution in [0.1, 0.15) is 52.1 Å². The van der Waals surface area contributed by atoms with Crippen molar-refractivity contribution in [3.8, 4) is 11.5 Å². The van der Waals surface area contributed by atoms with Gasteiger partial charge in [0, 0.05) is 5.66 Å². The number of hydrogen-bond donors (Lipinski definition) is 0. The standard InChI is InChI=1S/C22H21F6O5P/c1-5-12(2)34(31,20(30)18-15(32-3)10-7-11-16(18)33-4)19(29)17-13(21(23,24)25)8-6-9-14(17)22(26,27)28/h6-12H,5H2,1-4H3. The normalized spacial score (nSPS) is 14.8. The van der Waals surface area contributed by atoms with E-state index in [1.807, 2.05) is 0 Å². The molecule has 0 radical (unpaired) electrons. The fraction of sp³-hybridized carbons (Fsp3) is 0.364. The predicted octanol–water partition coefficient (Wildman–Crippen LogP) is 6.88. The number of carbonyl (C=O) groups excluding carboxylic acids is 2. The van der Waals surface area contributed by atoms with Gasteiger partial charge in [0.05, 0.1) is 30.9 Å². The highest BCUT2D eigenvalue weighted by atomic mass is 31.2. The molecule has 2 aromatic rings. The maximum absolute atomic E-state index is 14.1. The molecule has 0 bridgehead atoms. The SMILES string of the molecule is CCC(C)P(=O)(C(=O)c1c(OC)cccc1OC)C(=O)c1c(C(F)(F)F)cccc1C(F)(F)F. The number of ether oxygens (including phenoxy) is 2. The first-order valence-electron chi connectivity index (χ1n) is 9.84. The lowest BCUT2D eigenvalue weighted by Crippen LogP contribution is -2.25. The van der Waals surface area contributed by atoms with Crippen molar-refractivity contribution in [1.82, 2.24) is 0 Å². The number of alkyl halides is 6. The molecule has 186 valence electrons. The molecule has 0 N–H and O–H groups in total. The van der Waals surface area contributed by atoms with Gasteiger partial charge in [0.15, 0.2) is 0 Å². The lowest BCUT2D eigenvalue weighted by Gasteiger charge is -2.26. The van der Waals surface area contributed by atoms with E-state index < -0.39 is 58.5 Å². The lowest BCUT2D eigenvalue weighted by atomic mass is 10.0. The van der Waals surface area contributed by atoms with Crippen LogP contribution in [0.3, 0.4) is 0 Å². The van der Waals surface area contributed by atoms with Crippen LogP contribution in [0.25, 0.3) is 0 Å². The van der Waals surface area contributed by atoms with Gasteiger partial charge in [-0.25, -0.2) is 0 Å². The van der Waals surface area contributed by atoms with E-state index in [-0.39, 0.29) is 30.1 Å². The minimum absolute atomic E-state index is 0.151. The van der Waals surface area contributed by atoms with Gasteiger partial charge in [0.2, 0.25) is 18.2 Å². The summed E-state index contributed by atoms with van der Waals surface area (Å²) >= 11 is 0. The van der Waals surface area contributed by atoms with E-state index in [2.05, 4.69) is 0 Å². The van der Waals surface area contributed by atoms with Crippen molar-refractivity contribution in [2.45, 2.75) is 38.3 Å². The fourth-order valence-electron chi connectivity index (χ4n) is 3.40. The van der Waals surface area contributed by atoms with Gasteiger partial charge in [-0.05, 0) is 30.7 Å². The zero-order valence-electron chi connectivity index (χ0n) is 18.5. The molecule has 0 spiro atoms. The first-order chi connectivity index (χ1) is 15.7. The van der Waals surface area contributed by atoms with E-state index in [4.69, 9.17) is 9.47 Å². The van der Waals surface area contributed by atoms with Crippen LogP contribution in [0.15, 0.2) is 36.4 Å². The Kier molecular flexibility index (Phi) is 7.92. The van der Waals surface area contributed by atoms with Gasteiger partial charge in [-0.1, -0.05) is 26.0 Å². The number of hydrogen-bond acceptors (Lipinski definition) is 5. The second-order valence-corrected chi connectivity index (χ2v) is 10.3. The van der Waals surface area contributed by atoms with Gasteiger partial charge in [-0.15, -0.1) is 0 Å². The Balaban J connectivity index is 2.95. The Morgan fingerprint density at radius 3 is 1.56 bits per heavy atom. The van der Waals surface area contributed by atoms with Gasteiger partial charge in [-0.2, -0.15) is 26.3 Å². The van der Waals surface area contributed by atoms with E-state index in [0.717, 1.165) is 21.1 Å². The summed E-state index contributed by atoms with van der Waals surface area (Å²) in [6.07, 6.45) is -10.9. The molecule has 0 aliphatic heterocycles. The monoisotopic (exact) mass is 510 g/mol. The number of benzene rings is 2. The third-order valence-electron chi connectivity index (χ3n) is 5.35. The first kappa shape index (κ1) is 27.4. The lowest BCUT2D eigenvalue weighted by molar-refractivity contribution is -0.143. The number of halogens is 6. The summed E-state index contributed by atoms with van der Waals surface area (Å²) in [6, 6.07) is 4.94. The predicted molar refractivity (Wildman–Crippen MR) is 112 cm³/mol. The van der Waals surface area contributed by atoms with Crippen molar-refractivity contribution in [3.05, 3.63) is 58.7 Å². The van der Waals surface area contributed by atoms with Gasteiger partial charge in [0.25, 0.3) is 0 Å². The van der Waals surface area contributed by atoms with Gasteiger partial charge in [0.1, 0.15) is 17.1 Å². The second-order valence-electron chi connectivity index (χ2n) is 7.29. The number of carbonyl (C=O) groups is 2. The molecule has 0 saturated carbocycles. The van der Waals surface area contributed by atoms with Crippen molar-refractivity contribution in [3.63, 3.8) is 0 Å². The highest BCUT2D eigenvalue weighted by molar-refractivity contribution is 7.96. The fourth-order valence-corrected chi connectivity index (χ4v) is 6.02. The van der Waals surface area contributed by atoms with Crippen LogP contribution < -0.4 is 9.47 Å². The summed E-state index contributed by atoms with van der Waals surface area (Å²) in [5.74, 6) is -0.415. The summed E-state index contributed by atoms with van der Waals surface area (Å²) in [4.78, 5) is 27.0. The zero-order valence-corrected chi connectivity index (χ0v) is 19.4. The maximum atomic E-state index is 14.1. The van der Waals surface area contributed by atoms with Crippen LogP contribution >= 0.6 is 7.14 Å². The molecule has 5 nitrogen and oxygen atoms in total. The van der Waals surface area contributed by atoms with Crippen molar-refractivity contribution >= 4 is 18.2 Å². The van der Waals surface area contributed by atoms with Crippen LogP contribution in [-0.4, -0.2) is 30.9 Å². The van der Waals surface area contributed by atoms with Crippen LogP contribution in [0.4, 0.5) is 26.3 Å². The van der Waals surface area contributed by atoms with Gasteiger partial charge in [-0.3, -0.25) is 9.59 Å². The van der Waals surface area contributed by atoms with Crippen LogP contribution in [-0.2, 0) is 16.9 Å². The first-order valence-corrected chi connectivity index (χ1v) is 11.6. The molecule has 2 rings (SSSR count). The zero-order chi connectivity index (χ0) is 26.1. The molecule has 12 heteroatoms. The Hall–Kier alpha value is -2.81. The molecule has 0 heterocycles. The number of methoxy groups -OCH3 is 2. The van der Waals surface area contributed by atoms with E-state index >= 15 is 0 Å². The van der Waals surface area contributed by atoms with E-state index in [1.54, 1.807) is 0 Å². The quantitative estimate of drug-likeness (QED) is 0.286. The Labute approximate surface area is 191 Å². The Bertz CT molecular complexity index is 1090. The van der Waals surface area contributed by atoms with E-state index in [9.17, 15) is 40.5 Å². The molecule has 2 aromatic carbocycles. The van der Waals surface area contributed by atoms with Crippen LogP contribution in [0.5, 0.6) is 11.5 Å². The number of rotatable bonds is 8. The summed E-state index contributed by atoms with van der Waals surface area (Å²) in [7, 11) is -2.87. The molecule has 0 amide bonds. The summed E-state index contributed by atoms with van der Waals surface area (Å²) < 4.78 is 106. The molecule has 0 fully saturated rings. The van der Waals surface area contributed by atoms with Crippen molar-refractivity contribution in [2.75, 3.05) is 14.2 Å². The molecule has 0 aliphatic carbocycles. The maximum Gasteiger partial charge on any atom is 0.417 e. The molecule has 0 aliphatic rings. The molecule has 0 saturated heterocycles. The minimum atomic E-state index is -5.39. The highest BCUT2D eigenvalue weighted by Crippen LogP contribution is 2.60. The second kappa shape index (κ2) is 9.82. The molecule has 2 atom stereocenters. The largest absolute Gasteiger partial charge is 0.496 e. The summed E-state index contributed by atoms with van der Waals surface area (Å²) in [5, 5.41) is 0. The van der Waals surface area contributed by atoms with Crippen molar-refractivity contribution in [2.24, 2.45) is 0 Å². The molecule has 0 aromatic heterocycles. The summed E-state index contributed by atoms with van der Waals surface area (Å²) in [5.41, 5.74) is -11.1. The van der Waals surface area contributed by atoms with Crippen LogP contribution in [0.2, 0.25) is 0 Å².